The van der Waals surface area contributed by atoms with Gasteiger partial charge in [-0.2, -0.15) is 0 Å². The second-order valence-electron chi connectivity index (χ2n) is 5.12. The highest BCUT2D eigenvalue weighted by atomic mass is 19.2. The van der Waals surface area contributed by atoms with Gasteiger partial charge in [-0.25, -0.2) is 13.2 Å². The summed E-state index contributed by atoms with van der Waals surface area (Å²) in [5, 5.41) is 2.87. The second-order valence-corrected chi connectivity index (χ2v) is 5.12. The first-order valence-corrected chi connectivity index (χ1v) is 6.97. The average Bonchev–Trinajstić information content (AvgIpc) is 2.93. The van der Waals surface area contributed by atoms with Gasteiger partial charge in [-0.3, -0.25) is 9.59 Å². The van der Waals surface area contributed by atoms with Crippen molar-refractivity contribution in [3.63, 3.8) is 0 Å². The molecular formula is C17H11F3N2O2. The highest BCUT2D eigenvalue weighted by Gasteiger charge is 2.16. The zero-order valence-corrected chi connectivity index (χ0v) is 12.2. The van der Waals surface area contributed by atoms with Crippen LogP contribution in [0.15, 0.2) is 42.6 Å². The molecule has 0 fully saturated rings. The van der Waals surface area contributed by atoms with E-state index in [2.05, 4.69) is 5.32 Å². The first-order valence-electron chi connectivity index (χ1n) is 6.97. The lowest BCUT2D eigenvalue weighted by Crippen LogP contribution is -2.19. The molecule has 0 atom stereocenters. The summed E-state index contributed by atoms with van der Waals surface area (Å²) in [5.74, 6) is -5.09. The number of nitrogens with one attached hydrogen (secondary N) is 1. The summed E-state index contributed by atoms with van der Waals surface area (Å²) >= 11 is 0. The van der Waals surface area contributed by atoms with Gasteiger partial charge in [0, 0.05) is 22.7 Å². The molecule has 0 saturated heterocycles. The Hall–Kier alpha value is -3.09. The number of hydrogen-bond acceptors (Lipinski definition) is 2. The van der Waals surface area contributed by atoms with Gasteiger partial charge < -0.3 is 9.88 Å². The lowest BCUT2D eigenvalue weighted by Gasteiger charge is -2.09. The highest BCUT2D eigenvalue weighted by molar-refractivity contribution is 5.99. The molecule has 4 nitrogen and oxygen atoms in total. The maximum atomic E-state index is 13.6. The molecular weight excluding hydrogens is 321 g/mol. The normalized spacial score (nSPS) is 10.8. The minimum Gasteiger partial charge on any atom is -0.337 e. The zero-order valence-electron chi connectivity index (χ0n) is 12.2. The molecule has 3 rings (SSSR count). The molecule has 0 radical (unpaired) electrons. The van der Waals surface area contributed by atoms with Crippen LogP contribution >= 0.6 is 0 Å². The summed E-state index contributed by atoms with van der Waals surface area (Å²) in [6.45, 7) is -0.215. The first kappa shape index (κ1) is 15.8. The van der Waals surface area contributed by atoms with Crippen LogP contribution in [0, 0.1) is 17.5 Å². The van der Waals surface area contributed by atoms with Gasteiger partial charge in [-0.05, 0) is 18.2 Å². The van der Waals surface area contributed by atoms with Crippen LogP contribution in [-0.4, -0.2) is 16.8 Å². The number of hydrogen-bond donors (Lipinski definition) is 1. The Morgan fingerprint density at radius 2 is 1.83 bits per heavy atom. The first-order chi connectivity index (χ1) is 11.5. The monoisotopic (exact) mass is 332 g/mol. The third-order valence-corrected chi connectivity index (χ3v) is 3.57. The molecule has 0 aliphatic rings. The smallest absolute Gasteiger partial charge is 0.244 e. The van der Waals surface area contributed by atoms with Gasteiger partial charge >= 0.3 is 0 Å². The fourth-order valence-electron chi connectivity index (χ4n) is 2.47. The minimum absolute atomic E-state index is 0.215. The maximum Gasteiger partial charge on any atom is 0.244 e. The van der Waals surface area contributed by atoms with Crippen LogP contribution in [-0.2, 0) is 11.3 Å². The van der Waals surface area contributed by atoms with Crippen LogP contribution in [0.25, 0.3) is 10.9 Å². The Bertz CT molecular complexity index is 950. The molecule has 7 heteroatoms. The largest absolute Gasteiger partial charge is 0.337 e. The number of rotatable bonds is 4. The number of aldehydes is 1. The minimum atomic E-state index is -1.65. The van der Waals surface area contributed by atoms with E-state index < -0.39 is 29.0 Å². The van der Waals surface area contributed by atoms with Gasteiger partial charge in [0.2, 0.25) is 5.91 Å². The molecule has 1 N–H and O–H groups in total. The summed E-state index contributed by atoms with van der Waals surface area (Å²) in [5.41, 5.74) is 0.615. The number of halogens is 3. The van der Waals surface area contributed by atoms with Crippen molar-refractivity contribution < 1.29 is 22.8 Å². The Morgan fingerprint density at radius 3 is 2.58 bits per heavy atom. The summed E-state index contributed by atoms with van der Waals surface area (Å²) in [6.07, 6.45) is 2.17. The molecule has 24 heavy (non-hydrogen) atoms. The van der Waals surface area contributed by atoms with Crippen molar-refractivity contribution in [2.24, 2.45) is 0 Å². The molecule has 1 heterocycles. The SMILES string of the molecule is O=Cc1cn(CC(=O)Nc2ccc(F)c(F)c2F)c2ccccc12. The topological polar surface area (TPSA) is 51.1 Å². The van der Waals surface area contributed by atoms with Crippen molar-refractivity contribution in [2.45, 2.75) is 6.54 Å². The van der Waals surface area contributed by atoms with Crippen LogP contribution in [0.2, 0.25) is 0 Å². The summed E-state index contributed by atoms with van der Waals surface area (Å²) < 4.78 is 41.2. The molecule has 0 aliphatic carbocycles. The molecule has 2 aromatic carbocycles. The quantitative estimate of drug-likeness (QED) is 0.587. The molecule has 0 aliphatic heterocycles. The maximum absolute atomic E-state index is 13.6. The van der Waals surface area contributed by atoms with Gasteiger partial charge in [-0.1, -0.05) is 18.2 Å². The van der Waals surface area contributed by atoms with Crippen molar-refractivity contribution >= 4 is 28.8 Å². The summed E-state index contributed by atoms with van der Waals surface area (Å²) in [6, 6.07) is 8.65. The molecule has 1 aromatic heterocycles. The predicted octanol–water partition coefficient (Wildman–Crippen LogP) is 3.51. The molecule has 0 unspecified atom stereocenters. The van der Waals surface area contributed by atoms with E-state index >= 15 is 0 Å². The van der Waals surface area contributed by atoms with E-state index in [0.29, 0.717) is 22.8 Å². The van der Waals surface area contributed by atoms with E-state index in [-0.39, 0.29) is 6.54 Å². The van der Waals surface area contributed by atoms with E-state index in [1.165, 1.54) is 10.8 Å². The van der Waals surface area contributed by atoms with Crippen LogP contribution < -0.4 is 5.32 Å². The van der Waals surface area contributed by atoms with Gasteiger partial charge in [0.1, 0.15) is 6.54 Å². The highest BCUT2D eigenvalue weighted by Crippen LogP contribution is 2.21. The van der Waals surface area contributed by atoms with Gasteiger partial charge in [-0.15, -0.1) is 0 Å². The average molecular weight is 332 g/mol. The van der Waals surface area contributed by atoms with Gasteiger partial charge in [0.25, 0.3) is 0 Å². The lowest BCUT2D eigenvalue weighted by molar-refractivity contribution is -0.116. The standard InChI is InChI=1S/C17H11F3N2O2/c18-12-5-6-13(17(20)16(12)19)21-15(24)8-22-7-10(9-23)11-3-1-2-4-14(11)22/h1-7,9H,8H2,(H,21,24). The van der Waals surface area contributed by atoms with E-state index in [4.69, 9.17) is 0 Å². The Labute approximate surface area is 134 Å². The molecule has 1 amide bonds. The Kier molecular flexibility index (Phi) is 4.07. The van der Waals surface area contributed by atoms with Crippen LogP contribution in [0.3, 0.4) is 0 Å². The zero-order chi connectivity index (χ0) is 17.3. The third-order valence-electron chi connectivity index (χ3n) is 3.57. The molecule has 0 spiro atoms. The summed E-state index contributed by atoms with van der Waals surface area (Å²) in [7, 11) is 0. The van der Waals surface area contributed by atoms with Crippen LogP contribution in [0.5, 0.6) is 0 Å². The molecule has 122 valence electrons. The van der Waals surface area contributed by atoms with Gasteiger partial charge in [0.05, 0.1) is 5.69 Å². The molecule has 0 saturated carbocycles. The van der Waals surface area contributed by atoms with Gasteiger partial charge in [0.15, 0.2) is 23.7 Å². The van der Waals surface area contributed by atoms with E-state index in [9.17, 15) is 22.8 Å². The van der Waals surface area contributed by atoms with E-state index in [1.807, 2.05) is 0 Å². The summed E-state index contributed by atoms with van der Waals surface area (Å²) in [4.78, 5) is 23.2. The third kappa shape index (κ3) is 2.76. The molecule has 0 bridgehead atoms. The number of amides is 1. The number of anilines is 1. The number of aromatic nitrogens is 1. The number of para-hydroxylation sites is 1. The number of benzene rings is 2. The van der Waals surface area contributed by atoms with Crippen molar-refractivity contribution in [2.75, 3.05) is 5.32 Å². The number of nitrogens with zero attached hydrogens (tertiary/aromatic N) is 1. The number of fused-ring (bicyclic) bond motifs is 1. The number of carbonyl (C=O) groups excluding carboxylic acids is 2. The van der Waals surface area contributed by atoms with Crippen molar-refractivity contribution in [3.8, 4) is 0 Å². The van der Waals surface area contributed by atoms with E-state index in [1.54, 1.807) is 24.3 Å². The fourth-order valence-corrected chi connectivity index (χ4v) is 2.47. The predicted molar refractivity (Wildman–Crippen MR) is 82.3 cm³/mol. The Balaban J connectivity index is 1.86. The van der Waals surface area contributed by atoms with Crippen molar-refractivity contribution in [1.29, 1.82) is 0 Å². The van der Waals surface area contributed by atoms with Crippen LogP contribution in [0.1, 0.15) is 10.4 Å². The Morgan fingerprint density at radius 1 is 1.08 bits per heavy atom. The molecule has 3 aromatic rings. The number of carbonyl (C=O) groups is 2. The van der Waals surface area contributed by atoms with E-state index in [0.717, 1.165) is 12.1 Å². The van der Waals surface area contributed by atoms with Crippen molar-refractivity contribution in [1.82, 2.24) is 4.57 Å². The lowest BCUT2D eigenvalue weighted by atomic mass is 10.2. The van der Waals surface area contributed by atoms with Crippen LogP contribution in [0.4, 0.5) is 18.9 Å². The second kappa shape index (κ2) is 6.19. The van der Waals surface area contributed by atoms with Crippen molar-refractivity contribution in [3.05, 3.63) is 65.6 Å². The fraction of sp³-hybridized carbons (Fsp3) is 0.0588.